The van der Waals surface area contributed by atoms with Crippen LogP contribution in [0.2, 0.25) is 5.02 Å². The third-order valence-corrected chi connectivity index (χ3v) is 5.97. The maximum atomic E-state index is 12.6. The number of hydrogen-bond acceptors (Lipinski definition) is 5. The van der Waals surface area contributed by atoms with Gasteiger partial charge in [0.25, 0.3) is 0 Å². The summed E-state index contributed by atoms with van der Waals surface area (Å²) in [4.78, 5) is 15.3. The second-order valence-corrected chi connectivity index (χ2v) is 7.74. The zero-order chi connectivity index (χ0) is 17.4. The molecule has 6 nitrogen and oxygen atoms in total. The standard InChI is InChI=1S/C17H18ClN5OS/c1-11-4-2-3-7-22(11)15(24)9-12-5-6-13(8-14(12)18)16-21-23-10-19-20-17(23)25-16/h5-6,8,10-11H,2-4,7,9H2,1H3. The largest absolute Gasteiger partial charge is 0.340 e. The molecule has 1 fully saturated rings. The van der Waals surface area contributed by atoms with E-state index in [1.54, 1.807) is 10.8 Å². The first-order valence-corrected chi connectivity index (χ1v) is 9.56. The predicted octanol–water partition coefficient (Wildman–Crippen LogP) is 3.45. The van der Waals surface area contributed by atoms with E-state index >= 15 is 0 Å². The van der Waals surface area contributed by atoms with Crippen molar-refractivity contribution >= 4 is 33.8 Å². The molecule has 0 spiro atoms. The Morgan fingerprint density at radius 3 is 3.04 bits per heavy atom. The highest BCUT2D eigenvalue weighted by molar-refractivity contribution is 7.19. The number of carbonyl (C=O) groups excluding carboxylic acids is 1. The van der Waals surface area contributed by atoms with Crippen LogP contribution in [0.3, 0.4) is 0 Å². The van der Waals surface area contributed by atoms with Gasteiger partial charge in [0.1, 0.15) is 11.3 Å². The summed E-state index contributed by atoms with van der Waals surface area (Å²) in [5, 5.41) is 13.7. The second kappa shape index (κ2) is 6.72. The van der Waals surface area contributed by atoms with Gasteiger partial charge in [-0.3, -0.25) is 4.79 Å². The Morgan fingerprint density at radius 1 is 1.40 bits per heavy atom. The van der Waals surface area contributed by atoms with Crippen molar-refractivity contribution in [2.75, 3.05) is 6.54 Å². The van der Waals surface area contributed by atoms with Crippen molar-refractivity contribution in [1.29, 1.82) is 0 Å². The average molecular weight is 376 g/mol. The second-order valence-electron chi connectivity index (χ2n) is 6.38. The third-order valence-electron chi connectivity index (χ3n) is 4.65. The normalized spacial score (nSPS) is 18.0. The number of rotatable bonds is 3. The zero-order valence-electron chi connectivity index (χ0n) is 13.9. The van der Waals surface area contributed by atoms with E-state index in [0.717, 1.165) is 40.5 Å². The number of benzene rings is 1. The fourth-order valence-electron chi connectivity index (χ4n) is 3.23. The van der Waals surface area contributed by atoms with Gasteiger partial charge in [-0.15, -0.1) is 10.2 Å². The van der Waals surface area contributed by atoms with Crippen LogP contribution in [0.5, 0.6) is 0 Å². The van der Waals surface area contributed by atoms with E-state index in [1.165, 1.54) is 17.8 Å². The summed E-state index contributed by atoms with van der Waals surface area (Å²) in [5.74, 6) is 0.153. The van der Waals surface area contributed by atoms with Gasteiger partial charge in [0.15, 0.2) is 0 Å². The minimum absolute atomic E-state index is 0.153. The lowest BCUT2D eigenvalue weighted by Gasteiger charge is -2.33. The van der Waals surface area contributed by atoms with Crippen LogP contribution in [0, 0.1) is 0 Å². The molecule has 1 amide bonds. The molecule has 2 aromatic heterocycles. The van der Waals surface area contributed by atoms with Gasteiger partial charge in [-0.05, 0) is 37.8 Å². The molecule has 3 aromatic rings. The molecule has 3 heterocycles. The number of piperidine rings is 1. The number of likely N-dealkylation sites (tertiary alicyclic amines) is 1. The molecule has 8 heteroatoms. The highest BCUT2D eigenvalue weighted by Crippen LogP contribution is 2.29. The molecule has 25 heavy (non-hydrogen) atoms. The molecule has 1 aromatic carbocycles. The smallest absolute Gasteiger partial charge is 0.234 e. The molecular formula is C17H18ClN5OS. The number of halogens is 1. The summed E-state index contributed by atoms with van der Waals surface area (Å²) in [6.45, 7) is 2.97. The molecule has 0 radical (unpaired) electrons. The molecule has 0 bridgehead atoms. The molecule has 4 rings (SSSR count). The molecule has 130 valence electrons. The van der Waals surface area contributed by atoms with Crippen molar-refractivity contribution in [2.24, 2.45) is 0 Å². The van der Waals surface area contributed by atoms with Crippen LogP contribution in [-0.2, 0) is 11.2 Å². The van der Waals surface area contributed by atoms with Crippen LogP contribution >= 0.6 is 22.9 Å². The number of carbonyl (C=O) groups is 1. The van der Waals surface area contributed by atoms with E-state index < -0.39 is 0 Å². The zero-order valence-corrected chi connectivity index (χ0v) is 15.4. The maximum Gasteiger partial charge on any atom is 0.234 e. The quantitative estimate of drug-likeness (QED) is 0.703. The van der Waals surface area contributed by atoms with Gasteiger partial charge >= 0.3 is 0 Å². The Labute approximate surface area is 154 Å². The molecular weight excluding hydrogens is 358 g/mol. The molecule has 1 atom stereocenters. The Kier molecular flexibility index (Phi) is 4.43. The molecule has 1 unspecified atom stereocenters. The van der Waals surface area contributed by atoms with Crippen molar-refractivity contribution in [3.63, 3.8) is 0 Å². The molecule has 1 saturated heterocycles. The minimum atomic E-state index is 0.153. The Bertz CT molecular complexity index is 892. The van der Waals surface area contributed by atoms with Crippen LogP contribution in [0.25, 0.3) is 15.5 Å². The number of amides is 1. The lowest BCUT2D eigenvalue weighted by molar-refractivity contribution is -0.133. The predicted molar refractivity (Wildman–Crippen MR) is 97.8 cm³/mol. The van der Waals surface area contributed by atoms with Crippen molar-refractivity contribution < 1.29 is 4.79 Å². The average Bonchev–Trinajstić information content (AvgIpc) is 3.19. The van der Waals surface area contributed by atoms with Crippen molar-refractivity contribution in [3.05, 3.63) is 35.1 Å². The summed E-state index contributed by atoms with van der Waals surface area (Å²) in [5.41, 5.74) is 1.78. The van der Waals surface area contributed by atoms with E-state index in [1.807, 2.05) is 23.1 Å². The lowest BCUT2D eigenvalue weighted by Crippen LogP contribution is -2.42. The molecule has 1 aliphatic rings. The summed E-state index contributed by atoms with van der Waals surface area (Å²) < 4.78 is 1.64. The van der Waals surface area contributed by atoms with Gasteiger partial charge in [-0.2, -0.15) is 9.61 Å². The van der Waals surface area contributed by atoms with E-state index in [4.69, 9.17) is 11.6 Å². The van der Waals surface area contributed by atoms with Crippen LogP contribution in [0.4, 0.5) is 0 Å². The van der Waals surface area contributed by atoms with E-state index in [0.29, 0.717) is 17.5 Å². The summed E-state index contributed by atoms with van der Waals surface area (Å²) in [6, 6.07) is 6.07. The Morgan fingerprint density at radius 2 is 2.28 bits per heavy atom. The van der Waals surface area contributed by atoms with Crippen molar-refractivity contribution in [3.8, 4) is 10.6 Å². The third kappa shape index (κ3) is 3.26. The maximum absolute atomic E-state index is 12.6. The van der Waals surface area contributed by atoms with Gasteiger partial charge in [0.2, 0.25) is 10.9 Å². The van der Waals surface area contributed by atoms with Gasteiger partial charge < -0.3 is 4.90 Å². The Balaban J connectivity index is 1.53. The summed E-state index contributed by atoms with van der Waals surface area (Å²) >= 11 is 7.90. The number of nitrogens with zero attached hydrogens (tertiary/aromatic N) is 5. The van der Waals surface area contributed by atoms with Gasteiger partial charge in [0.05, 0.1) is 6.42 Å². The molecule has 0 N–H and O–H groups in total. The monoisotopic (exact) mass is 375 g/mol. The van der Waals surface area contributed by atoms with Crippen molar-refractivity contribution in [2.45, 2.75) is 38.6 Å². The molecule has 1 aliphatic heterocycles. The SMILES string of the molecule is CC1CCCCN1C(=O)Cc1ccc(-c2nn3cnnc3s2)cc1Cl. The highest BCUT2D eigenvalue weighted by atomic mass is 35.5. The summed E-state index contributed by atoms with van der Waals surface area (Å²) in [7, 11) is 0. The van der Waals surface area contributed by atoms with Gasteiger partial charge in [-0.1, -0.05) is 35.1 Å². The van der Waals surface area contributed by atoms with Crippen LogP contribution < -0.4 is 0 Å². The van der Waals surface area contributed by atoms with E-state index in [9.17, 15) is 4.79 Å². The van der Waals surface area contributed by atoms with Crippen LogP contribution in [0.1, 0.15) is 31.7 Å². The first-order valence-electron chi connectivity index (χ1n) is 8.37. The Hall–Kier alpha value is -1.99. The van der Waals surface area contributed by atoms with E-state index in [2.05, 4.69) is 22.2 Å². The fraction of sp³-hybridized carbons (Fsp3) is 0.412. The first kappa shape index (κ1) is 16.5. The number of aromatic nitrogens is 4. The van der Waals surface area contributed by atoms with Gasteiger partial charge in [-0.25, -0.2) is 0 Å². The van der Waals surface area contributed by atoms with Crippen LogP contribution in [-0.4, -0.2) is 43.2 Å². The van der Waals surface area contributed by atoms with E-state index in [-0.39, 0.29) is 5.91 Å². The van der Waals surface area contributed by atoms with Crippen LogP contribution in [0.15, 0.2) is 24.5 Å². The first-order chi connectivity index (χ1) is 12.1. The molecule has 0 saturated carbocycles. The lowest BCUT2D eigenvalue weighted by atomic mass is 10.0. The molecule has 0 aliphatic carbocycles. The number of fused-ring (bicyclic) bond motifs is 1. The minimum Gasteiger partial charge on any atom is -0.340 e. The summed E-state index contributed by atoms with van der Waals surface area (Å²) in [6.07, 6.45) is 5.29. The van der Waals surface area contributed by atoms with Crippen molar-refractivity contribution in [1.82, 2.24) is 24.7 Å². The highest BCUT2D eigenvalue weighted by Gasteiger charge is 2.23. The van der Waals surface area contributed by atoms with Gasteiger partial charge in [0, 0.05) is 23.2 Å². The number of hydrogen-bond donors (Lipinski definition) is 0. The fourth-order valence-corrected chi connectivity index (χ4v) is 4.30. The topological polar surface area (TPSA) is 63.4 Å².